The van der Waals surface area contributed by atoms with Gasteiger partial charge in [-0.05, 0) is 24.8 Å². The van der Waals surface area contributed by atoms with Crippen LogP contribution in [0.3, 0.4) is 0 Å². The molecule has 0 radical (unpaired) electrons. The van der Waals surface area contributed by atoms with Crippen molar-refractivity contribution in [2.24, 2.45) is 5.41 Å². The van der Waals surface area contributed by atoms with Crippen molar-refractivity contribution in [1.82, 2.24) is 10.3 Å². The number of nitro groups is 1. The van der Waals surface area contributed by atoms with Crippen molar-refractivity contribution in [2.75, 3.05) is 6.54 Å². The molecule has 0 aliphatic carbocycles. The number of carbonyl (C=O) groups excluding carboxylic acids is 1. The largest absolute Gasteiger partial charge is 0.481 e. The molecule has 1 aromatic rings. The Morgan fingerprint density at radius 1 is 1.50 bits per heavy atom. The SMILES string of the molecule is CC(C)(CNC(=O)c1ccc([N+](=O)[O-])[nH]1)C(=O)O. The number of hydrogen-bond acceptors (Lipinski definition) is 4. The Labute approximate surface area is 102 Å². The van der Waals surface area contributed by atoms with E-state index in [1.807, 2.05) is 0 Å². The number of H-pyrrole nitrogens is 1. The van der Waals surface area contributed by atoms with E-state index >= 15 is 0 Å². The molecule has 0 saturated heterocycles. The third kappa shape index (κ3) is 3.06. The second kappa shape index (κ2) is 4.86. The Balaban J connectivity index is 2.66. The first kappa shape index (κ1) is 13.7. The van der Waals surface area contributed by atoms with Crippen molar-refractivity contribution in [2.45, 2.75) is 13.8 Å². The van der Waals surface area contributed by atoms with E-state index in [2.05, 4.69) is 10.3 Å². The van der Waals surface area contributed by atoms with E-state index in [4.69, 9.17) is 5.11 Å². The van der Waals surface area contributed by atoms with E-state index in [0.29, 0.717) is 0 Å². The van der Waals surface area contributed by atoms with Crippen LogP contribution in [0.1, 0.15) is 24.3 Å². The van der Waals surface area contributed by atoms with Gasteiger partial charge in [-0.15, -0.1) is 0 Å². The van der Waals surface area contributed by atoms with Crippen LogP contribution in [0.25, 0.3) is 0 Å². The number of nitrogens with zero attached hydrogens (tertiary/aromatic N) is 1. The molecular weight excluding hydrogens is 242 g/mol. The number of rotatable bonds is 5. The van der Waals surface area contributed by atoms with Crippen molar-refractivity contribution in [3.63, 3.8) is 0 Å². The number of carbonyl (C=O) groups is 2. The average molecular weight is 255 g/mol. The molecule has 3 N–H and O–H groups in total. The van der Waals surface area contributed by atoms with Gasteiger partial charge in [0.25, 0.3) is 5.91 Å². The van der Waals surface area contributed by atoms with Crippen molar-refractivity contribution < 1.29 is 19.6 Å². The first-order valence-corrected chi connectivity index (χ1v) is 5.09. The van der Waals surface area contributed by atoms with E-state index in [1.54, 1.807) is 0 Å². The molecule has 18 heavy (non-hydrogen) atoms. The topological polar surface area (TPSA) is 125 Å². The van der Waals surface area contributed by atoms with Gasteiger partial charge < -0.3 is 20.5 Å². The van der Waals surface area contributed by atoms with Gasteiger partial charge in [0.05, 0.1) is 5.41 Å². The van der Waals surface area contributed by atoms with Gasteiger partial charge in [0.1, 0.15) is 0 Å². The highest BCUT2D eigenvalue weighted by atomic mass is 16.6. The molecule has 1 amide bonds. The van der Waals surface area contributed by atoms with Crippen LogP contribution in [0.4, 0.5) is 5.82 Å². The van der Waals surface area contributed by atoms with Gasteiger partial charge in [-0.3, -0.25) is 9.59 Å². The van der Waals surface area contributed by atoms with Gasteiger partial charge in [0.15, 0.2) is 5.69 Å². The van der Waals surface area contributed by atoms with Gasteiger partial charge in [0, 0.05) is 12.6 Å². The summed E-state index contributed by atoms with van der Waals surface area (Å²) >= 11 is 0. The van der Waals surface area contributed by atoms with Gasteiger partial charge in [-0.1, -0.05) is 0 Å². The molecule has 0 aliphatic rings. The van der Waals surface area contributed by atoms with Crippen LogP contribution in [0.2, 0.25) is 0 Å². The number of aliphatic carboxylic acids is 1. The monoisotopic (exact) mass is 255 g/mol. The predicted octanol–water partition coefficient (Wildman–Crippen LogP) is 0.764. The molecule has 1 heterocycles. The maximum atomic E-state index is 11.6. The molecule has 1 aromatic heterocycles. The maximum absolute atomic E-state index is 11.6. The molecule has 0 unspecified atom stereocenters. The second-order valence-electron chi connectivity index (χ2n) is 4.39. The molecule has 0 fully saturated rings. The number of nitrogens with one attached hydrogen (secondary N) is 2. The summed E-state index contributed by atoms with van der Waals surface area (Å²) < 4.78 is 0. The normalized spacial score (nSPS) is 11.0. The second-order valence-corrected chi connectivity index (χ2v) is 4.39. The lowest BCUT2D eigenvalue weighted by Gasteiger charge is -2.18. The standard InChI is InChI=1S/C10H13N3O5/c1-10(2,9(15)16)5-11-8(14)6-3-4-7(12-6)13(17)18/h3-4,12H,5H2,1-2H3,(H,11,14)(H,15,16). The van der Waals surface area contributed by atoms with E-state index < -0.39 is 22.2 Å². The fraction of sp³-hybridized carbons (Fsp3) is 0.400. The lowest BCUT2D eigenvalue weighted by atomic mass is 9.94. The van der Waals surface area contributed by atoms with Crippen molar-refractivity contribution in [3.8, 4) is 0 Å². The Bertz CT molecular complexity index is 491. The third-order valence-electron chi connectivity index (χ3n) is 2.38. The van der Waals surface area contributed by atoms with Crippen LogP contribution in [0, 0.1) is 15.5 Å². The molecule has 0 aromatic carbocycles. The van der Waals surface area contributed by atoms with Crippen LogP contribution in [-0.4, -0.2) is 33.4 Å². The summed E-state index contributed by atoms with van der Waals surface area (Å²) in [4.78, 5) is 34.5. The fourth-order valence-corrected chi connectivity index (χ4v) is 1.09. The molecule has 0 atom stereocenters. The molecule has 1 rings (SSSR count). The minimum atomic E-state index is -1.10. The molecule has 98 valence electrons. The highest BCUT2D eigenvalue weighted by Crippen LogP contribution is 2.14. The van der Waals surface area contributed by atoms with Gasteiger partial charge in [-0.25, -0.2) is 4.98 Å². The minimum absolute atomic E-state index is 0.0166. The van der Waals surface area contributed by atoms with Crippen LogP contribution < -0.4 is 5.32 Å². The Morgan fingerprint density at radius 2 is 2.11 bits per heavy atom. The molecule has 0 bridgehead atoms. The minimum Gasteiger partial charge on any atom is -0.481 e. The predicted molar refractivity (Wildman–Crippen MR) is 61.2 cm³/mol. The summed E-state index contributed by atoms with van der Waals surface area (Å²) in [6.45, 7) is 2.85. The molecular formula is C10H13N3O5. The summed E-state index contributed by atoms with van der Waals surface area (Å²) in [5.41, 5.74) is -1.09. The Morgan fingerprint density at radius 3 is 2.56 bits per heavy atom. The molecule has 8 nitrogen and oxygen atoms in total. The average Bonchev–Trinajstić information content (AvgIpc) is 2.75. The number of carboxylic acid groups (broad SMARTS) is 1. The number of aromatic amines is 1. The summed E-state index contributed by atoms with van der Waals surface area (Å²) in [6.07, 6.45) is 0. The summed E-state index contributed by atoms with van der Waals surface area (Å²) in [5.74, 6) is -1.92. The maximum Gasteiger partial charge on any atom is 0.321 e. The van der Waals surface area contributed by atoms with E-state index in [0.717, 1.165) is 6.07 Å². The molecule has 8 heteroatoms. The highest BCUT2D eigenvalue weighted by molar-refractivity contribution is 5.93. The smallest absolute Gasteiger partial charge is 0.321 e. The summed E-state index contributed by atoms with van der Waals surface area (Å²) in [5, 5.41) is 21.7. The van der Waals surface area contributed by atoms with Crippen molar-refractivity contribution in [1.29, 1.82) is 0 Å². The summed E-state index contributed by atoms with van der Waals surface area (Å²) in [7, 11) is 0. The number of carboxylic acids is 1. The van der Waals surface area contributed by atoms with Crippen molar-refractivity contribution in [3.05, 3.63) is 27.9 Å². The van der Waals surface area contributed by atoms with Crippen LogP contribution in [0.5, 0.6) is 0 Å². The highest BCUT2D eigenvalue weighted by Gasteiger charge is 2.28. The van der Waals surface area contributed by atoms with E-state index in [1.165, 1.54) is 19.9 Å². The fourth-order valence-electron chi connectivity index (χ4n) is 1.09. The summed E-state index contributed by atoms with van der Waals surface area (Å²) in [6, 6.07) is 2.43. The number of aromatic nitrogens is 1. The Kier molecular flexibility index (Phi) is 3.70. The molecule has 0 spiro atoms. The zero-order valence-electron chi connectivity index (χ0n) is 9.89. The van der Waals surface area contributed by atoms with Crippen LogP contribution in [-0.2, 0) is 4.79 Å². The van der Waals surface area contributed by atoms with Gasteiger partial charge in [-0.2, -0.15) is 0 Å². The lowest BCUT2D eigenvalue weighted by Crippen LogP contribution is -2.39. The molecule has 0 saturated carbocycles. The first-order chi connectivity index (χ1) is 8.24. The van der Waals surface area contributed by atoms with E-state index in [9.17, 15) is 19.7 Å². The Hall–Kier alpha value is -2.38. The molecule has 0 aliphatic heterocycles. The van der Waals surface area contributed by atoms with E-state index in [-0.39, 0.29) is 18.1 Å². The quantitative estimate of drug-likeness (QED) is 0.529. The van der Waals surface area contributed by atoms with Crippen LogP contribution in [0.15, 0.2) is 12.1 Å². The van der Waals surface area contributed by atoms with Gasteiger partial charge >= 0.3 is 11.8 Å². The third-order valence-corrected chi connectivity index (χ3v) is 2.38. The lowest BCUT2D eigenvalue weighted by molar-refractivity contribution is -0.389. The van der Waals surface area contributed by atoms with Gasteiger partial charge in [0.2, 0.25) is 0 Å². The first-order valence-electron chi connectivity index (χ1n) is 5.09. The van der Waals surface area contributed by atoms with Crippen LogP contribution >= 0.6 is 0 Å². The number of hydrogen-bond donors (Lipinski definition) is 3. The zero-order chi connectivity index (χ0) is 13.9. The number of amides is 1. The van der Waals surface area contributed by atoms with Crippen molar-refractivity contribution >= 4 is 17.7 Å². The zero-order valence-corrected chi connectivity index (χ0v) is 9.89.